The molecule has 0 bridgehead atoms. The number of piperidine rings is 1. The van der Waals surface area contributed by atoms with E-state index in [-0.39, 0.29) is 12.6 Å². The van der Waals surface area contributed by atoms with E-state index in [2.05, 4.69) is 0 Å². The lowest BCUT2D eigenvalue weighted by atomic mass is 10.0. The molecule has 0 aromatic heterocycles. The van der Waals surface area contributed by atoms with Crippen LogP contribution >= 0.6 is 0 Å². The summed E-state index contributed by atoms with van der Waals surface area (Å²) in [5, 5.41) is 17.5. The van der Waals surface area contributed by atoms with Crippen molar-refractivity contribution in [2.75, 3.05) is 13.2 Å². The lowest BCUT2D eigenvalue weighted by Crippen LogP contribution is -2.43. The molecule has 0 aromatic carbocycles. The molecule has 1 heterocycles. The van der Waals surface area contributed by atoms with Gasteiger partial charge in [0, 0.05) is 19.2 Å². The van der Waals surface area contributed by atoms with Crippen LogP contribution in [-0.4, -0.2) is 40.4 Å². The van der Waals surface area contributed by atoms with Gasteiger partial charge in [-0.25, -0.2) is 4.79 Å². The van der Waals surface area contributed by atoms with Crippen molar-refractivity contribution in [3.63, 3.8) is 0 Å². The van der Waals surface area contributed by atoms with Gasteiger partial charge < -0.3 is 15.1 Å². The predicted octanol–water partition coefficient (Wildman–Crippen LogP) is 0.901. The maximum atomic E-state index is 10.7. The van der Waals surface area contributed by atoms with Gasteiger partial charge in [-0.05, 0) is 25.7 Å². The summed E-state index contributed by atoms with van der Waals surface area (Å²) in [6.07, 6.45) is 2.65. The van der Waals surface area contributed by atoms with E-state index in [1.807, 2.05) is 0 Å². The molecule has 0 saturated carbocycles. The van der Waals surface area contributed by atoms with Crippen LogP contribution in [0.1, 0.15) is 25.7 Å². The molecule has 70 valence electrons. The zero-order valence-electron chi connectivity index (χ0n) is 7.07. The molecule has 1 aliphatic rings. The second-order valence-corrected chi connectivity index (χ2v) is 3.14. The first kappa shape index (κ1) is 9.32. The average Bonchev–Trinajstić information content (AvgIpc) is 2.05. The Kier molecular flexibility index (Phi) is 3.34. The highest BCUT2D eigenvalue weighted by atomic mass is 16.4. The fraction of sp³-hybridized carbons (Fsp3) is 0.875. The van der Waals surface area contributed by atoms with Gasteiger partial charge in [-0.3, -0.25) is 0 Å². The molecule has 0 unspecified atom stereocenters. The standard InChI is InChI=1S/C8H15NO3/c10-6-4-7-3-1-2-5-9(7)8(11)12/h7,10H,1-6H2,(H,11,12)/t7-/m0/s1. The van der Waals surface area contributed by atoms with Gasteiger partial charge >= 0.3 is 6.09 Å². The number of rotatable bonds is 2. The third-order valence-corrected chi connectivity index (χ3v) is 2.34. The van der Waals surface area contributed by atoms with Gasteiger partial charge in [-0.15, -0.1) is 0 Å². The van der Waals surface area contributed by atoms with E-state index in [1.54, 1.807) is 0 Å². The van der Waals surface area contributed by atoms with E-state index in [0.717, 1.165) is 19.3 Å². The van der Waals surface area contributed by atoms with E-state index in [9.17, 15) is 4.79 Å². The van der Waals surface area contributed by atoms with Crippen LogP contribution < -0.4 is 0 Å². The van der Waals surface area contributed by atoms with Crippen molar-refractivity contribution in [3.05, 3.63) is 0 Å². The molecule has 1 aliphatic heterocycles. The number of nitrogens with zero attached hydrogens (tertiary/aromatic N) is 1. The summed E-state index contributed by atoms with van der Waals surface area (Å²) in [6.45, 7) is 0.703. The minimum Gasteiger partial charge on any atom is -0.465 e. The van der Waals surface area contributed by atoms with Crippen molar-refractivity contribution in [1.29, 1.82) is 0 Å². The summed E-state index contributed by atoms with van der Waals surface area (Å²) in [5.41, 5.74) is 0. The zero-order chi connectivity index (χ0) is 8.97. The third kappa shape index (κ3) is 2.11. The summed E-state index contributed by atoms with van der Waals surface area (Å²) in [7, 11) is 0. The Morgan fingerprint density at radius 3 is 2.83 bits per heavy atom. The van der Waals surface area contributed by atoms with Gasteiger partial charge in [0.2, 0.25) is 0 Å². The number of aliphatic hydroxyl groups excluding tert-OH is 1. The smallest absolute Gasteiger partial charge is 0.407 e. The first-order valence-electron chi connectivity index (χ1n) is 4.36. The molecule has 0 aromatic rings. The molecule has 1 rings (SSSR count). The maximum Gasteiger partial charge on any atom is 0.407 e. The number of carboxylic acid groups (broad SMARTS) is 1. The first-order valence-corrected chi connectivity index (χ1v) is 4.36. The second kappa shape index (κ2) is 4.30. The molecule has 2 N–H and O–H groups in total. The van der Waals surface area contributed by atoms with Crippen LogP contribution in [0.3, 0.4) is 0 Å². The molecule has 0 spiro atoms. The van der Waals surface area contributed by atoms with Crippen LogP contribution in [0.25, 0.3) is 0 Å². The van der Waals surface area contributed by atoms with Gasteiger partial charge in [0.25, 0.3) is 0 Å². The number of amides is 1. The van der Waals surface area contributed by atoms with Crippen molar-refractivity contribution in [3.8, 4) is 0 Å². The molecule has 1 saturated heterocycles. The normalized spacial score (nSPS) is 24.1. The summed E-state index contributed by atoms with van der Waals surface area (Å²) < 4.78 is 0. The van der Waals surface area contributed by atoms with Crippen LogP contribution in [0.15, 0.2) is 0 Å². The van der Waals surface area contributed by atoms with Crippen molar-refractivity contribution < 1.29 is 15.0 Å². The largest absolute Gasteiger partial charge is 0.465 e. The van der Waals surface area contributed by atoms with E-state index >= 15 is 0 Å². The Morgan fingerprint density at radius 2 is 2.25 bits per heavy atom. The summed E-state index contributed by atoms with van der Waals surface area (Å²) in [6, 6.07) is 0.0428. The van der Waals surface area contributed by atoms with Crippen LogP contribution in [0.5, 0.6) is 0 Å². The number of aliphatic hydroxyl groups is 1. The minimum absolute atomic E-state index is 0.0428. The monoisotopic (exact) mass is 173 g/mol. The third-order valence-electron chi connectivity index (χ3n) is 2.34. The lowest BCUT2D eigenvalue weighted by molar-refractivity contribution is 0.0949. The van der Waals surface area contributed by atoms with E-state index in [1.165, 1.54) is 4.90 Å². The number of likely N-dealkylation sites (tertiary alicyclic amines) is 1. The molecule has 1 atom stereocenters. The predicted molar refractivity (Wildman–Crippen MR) is 44.1 cm³/mol. The molecule has 0 radical (unpaired) electrons. The van der Waals surface area contributed by atoms with Gasteiger partial charge in [0.05, 0.1) is 0 Å². The summed E-state index contributed by atoms with van der Waals surface area (Å²) in [4.78, 5) is 12.1. The van der Waals surface area contributed by atoms with Crippen LogP contribution in [0.2, 0.25) is 0 Å². The van der Waals surface area contributed by atoms with Gasteiger partial charge in [-0.2, -0.15) is 0 Å². The number of carbonyl (C=O) groups is 1. The molecule has 0 aliphatic carbocycles. The second-order valence-electron chi connectivity index (χ2n) is 3.14. The molecular weight excluding hydrogens is 158 g/mol. The van der Waals surface area contributed by atoms with Gasteiger partial charge in [0.1, 0.15) is 0 Å². The molecule has 1 amide bonds. The highest BCUT2D eigenvalue weighted by Gasteiger charge is 2.25. The topological polar surface area (TPSA) is 60.8 Å². The molecular formula is C8H15NO3. The van der Waals surface area contributed by atoms with Crippen molar-refractivity contribution in [2.24, 2.45) is 0 Å². The zero-order valence-corrected chi connectivity index (χ0v) is 7.07. The maximum absolute atomic E-state index is 10.7. The van der Waals surface area contributed by atoms with Gasteiger partial charge in [-0.1, -0.05) is 0 Å². The molecule has 4 nitrogen and oxygen atoms in total. The fourth-order valence-corrected chi connectivity index (χ4v) is 1.70. The molecule has 12 heavy (non-hydrogen) atoms. The number of hydrogen-bond acceptors (Lipinski definition) is 2. The van der Waals surface area contributed by atoms with Gasteiger partial charge in [0.15, 0.2) is 0 Å². The van der Waals surface area contributed by atoms with Crippen molar-refractivity contribution in [1.82, 2.24) is 4.90 Å². The van der Waals surface area contributed by atoms with Crippen LogP contribution in [0.4, 0.5) is 4.79 Å². The van der Waals surface area contributed by atoms with Crippen LogP contribution in [0, 0.1) is 0 Å². The highest BCUT2D eigenvalue weighted by Crippen LogP contribution is 2.19. The Bertz CT molecular complexity index is 158. The van der Waals surface area contributed by atoms with E-state index < -0.39 is 6.09 Å². The Balaban J connectivity index is 2.48. The Labute approximate surface area is 71.8 Å². The van der Waals surface area contributed by atoms with Crippen molar-refractivity contribution in [2.45, 2.75) is 31.7 Å². The SMILES string of the molecule is O=C(O)N1CCCC[C@H]1CCO. The molecule has 1 fully saturated rings. The highest BCUT2D eigenvalue weighted by molar-refractivity contribution is 5.65. The summed E-state index contributed by atoms with van der Waals surface area (Å²) >= 11 is 0. The first-order chi connectivity index (χ1) is 5.75. The van der Waals surface area contributed by atoms with Crippen LogP contribution in [-0.2, 0) is 0 Å². The Hall–Kier alpha value is -0.770. The summed E-state index contributed by atoms with van der Waals surface area (Å²) in [5.74, 6) is 0. The van der Waals surface area contributed by atoms with Crippen molar-refractivity contribution >= 4 is 6.09 Å². The Morgan fingerprint density at radius 1 is 1.50 bits per heavy atom. The number of hydrogen-bond donors (Lipinski definition) is 2. The van der Waals surface area contributed by atoms with E-state index in [0.29, 0.717) is 13.0 Å². The minimum atomic E-state index is -0.854. The fourth-order valence-electron chi connectivity index (χ4n) is 1.70. The average molecular weight is 173 g/mol. The van der Waals surface area contributed by atoms with E-state index in [4.69, 9.17) is 10.2 Å². The molecule has 4 heteroatoms. The quantitative estimate of drug-likeness (QED) is 0.652. The lowest BCUT2D eigenvalue weighted by Gasteiger charge is -2.33.